The van der Waals surface area contributed by atoms with Gasteiger partial charge in [-0.2, -0.15) is 0 Å². The van der Waals surface area contributed by atoms with Crippen LogP contribution >= 0.6 is 15.9 Å². The molecule has 2 amide bonds. The number of hydrogen-bond acceptors (Lipinski definition) is 3. The van der Waals surface area contributed by atoms with E-state index in [0.717, 1.165) is 21.2 Å². The minimum absolute atomic E-state index is 0.0818. The van der Waals surface area contributed by atoms with E-state index in [2.05, 4.69) is 27.3 Å². The van der Waals surface area contributed by atoms with E-state index in [1.165, 1.54) is 4.90 Å². The number of para-hydroxylation sites is 2. The first-order chi connectivity index (χ1) is 14.9. The zero-order valence-corrected chi connectivity index (χ0v) is 18.9. The van der Waals surface area contributed by atoms with Crippen molar-refractivity contribution in [1.29, 1.82) is 0 Å². The molecular formula is C25H22BrN3O2. The molecule has 1 N–H and O–H groups in total. The maximum Gasteiger partial charge on any atom is 0.244 e. The van der Waals surface area contributed by atoms with Gasteiger partial charge < -0.3 is 10.2 Å². The second-order valence-electron chi connectivity index (χ2n) is 7.58. The van der Waals surface area contributed by atoms with Crippen molar-refractivity contribution in [3.05, 3.63) is 87.9 Å². The Labute approximate surface area is 189 Å². The average molecular weight is 476 g/mol. The minimum Gasteiger partial charge on any atom is -0.325 e. The van der Waals surface area contributed by atoms with E-state index in [1.54, 1.807) is 0 Å². The SMILES string of the molecule is Cc1ccc(C2=Nc3ccccc3N(CC(=O)Nc3ccc(Br)cc3)C(=O)C2)c(C)c1. The van der Waals surface area contributed by atoms with Gasteiger partial charge in [0, 0.05) is 10.2 Å². The van der Waals surface area contributed by atoms with Gasteiger partial charge in [0.05, 0.1) is 23.5 Å². The standard InChI is InChI=1S/C25H22BrN3O2/c1-16-7-12-20(17(2)13-16)22-14-25(31)29(23-6-4-3-5-21(23)28-22)15-24(30)27-19-10-8-18(26)9-11-19/h3-13H,14-15H2,1-2H3,(H,27,30). The van der Waals surface area contributed by atoms with Gasteiger partial charge in [-0.25, -0.2) is 0 Å². The maximum absolute atomic E-state index is 13.2. The number of nitrogens with zero attached hydrogens (tertiary/aromatic N) is 2. The lowest BCUT2D eigenvalue weighted by Crippen LogP contribution is -2.38. The third-order valence-electron chi connectivity index (χ3n) is 5.17. The van der Waals surface area contributed by atoms with Crippen molar-refractivity contribution >= 4 is 50.5 Å². The number of nitrogens with one attached hydrogen (secondary N) is 1. The van der Waals surface area contributed by atoms with Crippen LogP contribution in [0, 0.1) is 13.8 Å². The third kappa shape index (κ3) is 4.75. The Morgan fingerprint density at radius 1 is 1.06 bits per heavy atom. The number of aryl methyl sites for hydroxylation is 2. The highest BCUT2D eigenvalue weighted by Gasteiger charge is 2.27. The number of rotatable bonds is 4. The summed E-state index contributed by atoms with van der Waals surface area (Å²) in [6, 6.07) is 20.9. The van der Waals surface area contributed by atoms with Gasteiger partial charge in [0.15, 0.2) is 0 Å². The predicted octanol–water partition coefficient (Wildman–Crippen LogP) is 5.56. The number of carbonyl (C=O) groups is 2. The molecule has 5 nitrogen and oxygen atoms in total. The molecule has 0 aliphatic carbocycles. The Morgan fingerprint density at radius 2 is 1.81 bits per heavy atom. The first kappa shape index (κ1) is 21.0. The van der Waals surface area contributed by atoms with Gasteiger partial charge in [0.1, 0.15) is 6.54 Å². The average Bonchev–Trinajstić information content (AvgIpc) is 2.86. The van der Waals surface area contributed by atoms with Crippen molar-refractivity contribution in [2.75, 3.05) is 16.8 Å². The van der Waals surface area contributed by atoms with Crippen molar-refractivity contribution < 1.29 is 9.59 Å². The van der Waals surface area contributed by atoms with Gasteiger partial charge in [0.25, 0.3) is 0 Å². The summed E-state index contributed by atoms with van der Waals surface area (Å²) in [6.45, 7) is 3.98. The molecule has 0 saturated heterocycles. The number of halogens is 1. The van der Waals surface area contributed by atoms with Crippen LogP contribution in [0.15, 0.2) is 76.2 Å². The molecule has 0 radical (unpaired) electrons. The van der Waals surface area contributed by atoms with E-state index in [1.807, 2.05) is 74.5 Å². The van der Waals surface area contributed by atoms with E-state index < -0.39 is 0 Å². The molecule has 31 heavy (non-hydrogen) atoms. The molecule has 3 aromatic rings. The number of benzene rings is 3. The smallest absolute Gasteiger partial charge is 0.244 e. The van der Waals surface area contributed by atoms with Gasteiger partial charge in [-0.3, -0.25) is 14.6 Å². The van der Waals surface area contributed by atoms with E-state index in [0.29, 0.717) is 22.8 Å². The number of fused-ring (bicyclic) bond motifs is 1. The van der Waals surface area contributed by atoms with Crippen molar-refractivity contribution in [2.24, 2.45) is 4.99 Å². The summed E-state index contributed by atoms with van der Waals surface area (Å²) in [7, 11) is 0. The molecule has 6 heteroatoms. The second kappa shape index (κ2) is 8.86. The first-order valence-electron chi connectivity index (χ1n) is 10.0. The minimum atomic E-state index is -0.263. The largest absolute Gasteiger partial charge is 0.325 e. The molecular weight excluding hydrogens is 454 g/mol. The molecule has 0 unspecified atom stereocenters. The molecule has 156 valence electrons. The number of carbonyl (C=O) groups excluding carboxylic acids is 2. The Balaban J connectivity index is 1.62. The van der Waals surface area contributed by atoms with E-state index in [4.69, 9.17) is 4.99 Å². The molecule has 0 saturated carbocycles. The quantitative estimate of drug-likeness (QED) is 0.536. The highest BCUT2D eigenvalue weighted by molar-refractivity contribution is 9.10. The fourth-order valence-corrected chi connectivity index (χ4v) is 3.95. The Kier molecular flexibility index (Phi) is 6.00. The Hall–Kier alpha value is -3.25. The van der Waals surface area contributed by atoms with Gasteiger partial charge in [-0.15, -0.1) is 0 Å². The molecule has 0 atom stereocenters. The second-order valence-corrected chi connectivity index (χ2v) is 8.49. The van der Waals surface area contributed by atoms with Crippen LogP contribution in [0.2, 0.25) is 0 Å². The number of hydrogen-bond donors (Lipinski definition) is 1. The molecule has 3 aromatic carbocycles. The molecule has 0 fully saturated rings. The lowest BCUT2D eigenvalue weighted by atomic mass is 9.99. The maximum atomic E-state index is 13.2. The molecule has 0 spiro atoms. The lowest BCUT2D eigenvalue weighted by Gasteiger charge is -2.22. The van der Waals surface area contributed by atoms with Crippen LogP contribution in [-0.2, 0) is 9.59 Å². The summed E-state index contributed by atoms with van der Waals surface area (Å²) in [5, 5.41) is 2.86. The Bertz CT molecular complexity index is 1190. The predicted molar refractivity (Wildman–Crippen MR) is 128 cm³/mol. The van der Waals surface area contributed by atoms with Crippen LogP contribution in [-0.4, -0.2) is 24.1 Å². The summed E-state index contributed by atoms with van der Waals surface area (Å²) in [4.78, 5) is 32.3. The van der Waals surface area contributed by atoms with Crippen LogP contribution in [0.25, 0.3) is 0 Å². The highest BCUT2D eigenvalue weighted by Crippen LogP contribution is 2.33. The molecule has 0 aromatic heterocycles. The summed E-state index contributed by atoms with van der Waals surface area (Å²) in [5.74, 6) is -0.421. The summed E-state index contributed by atoms with van der Waals surface area (Å²) < 4.78 is 0.929. The fourth-order valence-electron chi connectivity index (χ4n) is 3.69. The molecule has 0 bridgehead atoms. The van der Waals surface area contributed by atoms with E-state index in [9.17, 15) is 9.59 Å². The normalized spacial score (nSPS) is 13.3. The highest BCUT2D eigenvalue weighted by atomic mass is 79.9. The fraction of sp³-hybridized carbons (Fsp3) is 0.160. The number of amides is 2. The monoisotopic (exact) mass is 475 g/mol. The third-order valence-corrected chi connectivity index (χ3v) is 5.70. The van der Waals surface area contributed by atoms with Gasteiger partial charge in [-0.05, 0) is 61.4 Å². The van der Waals surface area contributed by atoms with Crippen LogP contribution in [0.5, 0.6) is 0 Å². The van der Waals surface area contributed by atoms with Gasteiger partial charge in [0.2, 0.25) is 11.8 Å². The summed E-state index contributed by atoms with van der Waals surface area (Å²) >= 11 is 3.38. The summed E-state index contributed by atoms with van der Waals surface area (Å²) in [6.07, 6.45) is 0.129. The van der Waals surface area contributed by atoms with Gasteiger partial charge >= 0.3 is 0 Å². The van der Waals surface area contributed by atoms with Crippen molar-refractivity contribution in [1.82, 2.24) is 0 Å². The van der Waals surface area contributed by atoms with E-state index in [-0.39, 0.29) is 24.8 Å². The van der Waals surface area contributed by atoms with Crippen LogP contribution in [0.1, 0.15) is 23.1 Å². The van der Waals surface area contributed by atoms with Crippen LogP contribution in [0.3, 0.4) is 0 Å². The molecule has 1 aliphatic heterocycles. The van der Waals surface area contributed by atoms with Crippen molar-refractivity contribution in [3.63, 3.8) is 0 Å². The molecule has 1 aliphatic rings. The lowest BCUT2D eigenvalue weighted by molar-refractivity contribution is -0.120. The first-order valence-corrected chi connectivity index (χ1v) is 10.8. The summed E-state index contributed by atoms with van der Waals surface area (Å²) in [5.41, 5.74) is 5.90. The van der Waals surface area contributed by atoms with E-state index >= 15 is 0 Å². The zero-order valence-electron chi connectivity index (χ0n) is 17.4. The molecule has 4 rings (SSSR count). The van der Waals surface area contributed by atoms with Crippen molar-refractivity contribution in [2.45, 2.75) is 20.3 Å². The number of aliphatic imine (C=N–C) groups is 1. The Morgan fingerprint density at radius 3 is 2.55 bits per heavy atom. The molecule has 1 heterocycles. The zero-order chi connectivity index (χ0) is 22.0. The van der Waals surface area contributed by atoms with Gasteiger partial charge in [-0.1, -0.05) is 51.8 Å². The van der Waals surface area contributed by atoms with Crippen molar-refractivity contribution in [3.8, 4) is 0 Å². The van der Waals surface area contributed by atoms with Crippen LogP contribution in [0.4, 0.5) is 17.1 Å². The topological polar surface area (TPSA) is 61.8 Å². The van der Waals surface area contributed by atoms with Crippen LogP contribution < -0.4 is 10.2 Å². The number of anilines is 2.